The third-order valence-electron chi connectivity index (χ3n) is 5.41. The van der Waals surface area contributed by atoms with Gasteiger partial charge in [-0.1, -0.05) is 23.7 Å². The van der Waals surface area contributed by atoms with Crippen LogP contribution in [0.4, 0.5) is 0 Å². The van der Waals surface area contributed by atoms with Crippen LogP contribution in [0.5, 0.6) is 0 Å². The largest absolute Gasteiger partial charge is 0.467 e. The van der Waals surface area contributed by atoms with Crippen molar-refractivity contribution in [2.45, 2.75) is 32.4 Å². The van der Waals surface area contributed by atoms with Crippen LogP contribution in [0.15, 0.2) is 45.4 Å². The van der Waals surface area contributed by atoms with Gasteiger partial charge in [0.15, 0.2) is 11.3 Å². The van der Waals surface area contributed by atoms with Crippen LogP contribution < -0.4 is 0 Å². The van der Waals surface area contributed by atoms with E-state index >= 15 is 0 Å². The number of halogens is 1. The van der Waals surface area contributed by atoms with Gasteiger partial charge in [-0.15, -0.1) is 0 Å². The van der Waals surface area contributed by atoms with Crippen LogP contribution in [-0.2, 0) is 6.54 Å². The highest BCUT2D eigenvalue weighted by Crippen LogP contribution is 2.32. The van der Waals surface area contributed by atoms with E-state index in [1.54, 1.807) is 12.3 Å². The Morgan fingerprint density at radius 2 is 2.04 bits per heavy atom. The normalized spacial score (nSPS) is 16.1. The molecule has 0 bridgehead atoms. The maximum Gasteiger partial charge on any atom is 0.290 e. The first-order valence-electron chi connectivity index (χ1n) is 9.24. The number of carbonyl (C=O) groups is 1. The molecule has 0 saturated carbocycles. The maximum atomic E-state index is 13.5. The second-order valence-corrected chi connectivity index (χ2v) is 7.63. The minimum Gasteiger partial charge on any atom is -0.467 e. The minimum absolute atomic E-state index is 0.106. The summed E-state index contributed by atoms with van der Waals surface area (Å²) >= 11 is 6.27. The van der Waals surface area contributed by atoms with E-state index in [-0.39, 0.29) is 11.9 Å². The van der Waals surface area contributed by atoms with E-state index in [2.05, 4.69) is 11.9 Å². The topological polar surface area (TPSA) is 49.8 Å². The summed E-state index contributed by atoms with van der Waals surface area (Å²) in [5, 5.41) is 1.40. The molecule has 0 unspecified atom stereocenters. The molecular weight excluding hydrogens is 364 g/mol. The van der Waals surface area contributed by atoms with Crippen LogP contribution in [0, 0.1) is 6.92 Å². The van der Waals surface area contributed by atoms with E-state index in [1.807, 2.05) is 36.1 Å². The SMILES string of the molecule is Cc1c(C(=O)N(Cc2ccco2)C2CCN(C)CC2)oc2c(Cl)cccc12. The standard InChI is InChI=1S/C21H23ClN2O3/c1-14-17-6-3-7-18(22)20(17)27-19(14)21(25)24(13-16-5-4-12-26-16)15-8-10-23(2)11-9-15/h3-7,12,15H,8-11,13H2,1-2H3. The van der Waals surface area contributed by atoms with Crippen LogP contribution in [0.1, 0.15) is 34.7 Å². The van der Waals surface area contributed by atoms with E-state index < -0.39 is 0 Å². The average molecular weight is 387 g/mol. The molecule has 1 fully saturated rings. The zero-order valence-electron chi connectivity index (χ0n) is 15.6. The molecule has 4 rings (SSSR count). The van der Waals surface area contributed by atoms with Gasteiger partial charge in [0.1, 0.15) is 5.76 Å². The quantitative estimate of drug-likeness (QED) is 0.650. The summed E-state index contributed by atoms with van der Waals surface area (Å²) in [6.07, 6.45) is 3.50. The lowest BCUT2D eigenvalue weighted by Crippen LogP contribution is -2.46. The number of carbonyl (C=O) groups excluding carboxylic acids is 1. The zero-order valence-corrected chi connectivity index (χ0v) is 16.3. The molecule has 1 saturated heterocycles. The van der Waals surface area contributed by atoms with Crippen LogP contribution in [0.2, 0.25) is 5.02 Å². The van der Waals surface area contributed by atoms with Gasteiger partial charge in [-0.25, -0.2) is 0 Å². The lowest BCUT2D eigenvalue weighted by molar-refractivity contribution is 0.0521. The van der Waals surface area contributed by atoms with Crippen LogP contribution in [-0.4, -0.2) is 41.9 Å². The number of para-hydroxylation sites is 1. The molecule has 0 N–H and O–H groups in total. The van der Waals surface area contributed by atoms with Gasteiger partial charge in [0.05, 0.1) is 17.8 Å². The smallest absolute Gasteiger partial charge is 0.290 e. The molecule has 0 aliphatic carbocycles. The molecule has 1 aliphatic rings. The van der Waals surface area contributed by atoms with E-state index in [9.17, 15) is 4.79 Å². The fourth-order valence-electron chi connectivity index (χ4n) is 3.79. The summed E-state index contributed by atoms with van der Waals surface area (Å²) in [5.41, 5.74) is 1.40. The number of rotatable bonds is 4. The molecule has 0 atom stereocenters. The molecule has 5 nitrogen and oxygen atoms in total. The van der Waals surface area contributed by atoms with Crippen molar-refractivity contribution in [2.24, 2.45) is 0 Å². The Morgan fingerprint density at radius 3 is 2.70 bits per heavy atom. The summed E-state index contributed by atoms with van der Waals surface area (Å²) in [6, 6.07) is 9.49. The zero-order chi connectivity index (χ0) is 19.0. The van der Waals surface area contributed by atoms with E-state index in [0.29, 0.717) is 22.9 Å². The summed E-state index contributed by atoms with van der Waals surface area (Å²) in [5.74, 6) is 1.03. The van der Waals surface area contributed by atoms with Gasteiger partial charge < -0.3 is 18.6 Å². The van der Waals surface area contributed by atoms with Gasteiger partial charge in [-0.2, -0.15) is 0 Å². The number of aryl methyl sites for hydroxylation is 1. The fraction of sp³-hybridized carbons (Fsp3) is 0.381. The Labute approximate surface area is 163 Å². The lowest BCUT2D eigenvalue weighted by atomic mass is 10.0. The first kappa shape index (κ1) is 18.1. The van der Waals surface area contributed by atoms with Crippen LogP contribution >= 0.6 is 11.6 Å². The van der Waals surface area contributed by atoms with Crippen molar-refractivity contribution in [1.29, 1.82) is 0 Å². The van der Waals surface area contributed by atoms with Crippen molar-refractivity contribution in [1.82, 2.24) is 9.80 Å². The second kappa shape index (κ2) is 7.41. The van der Waals surface area contributed by atoms with E-state index in [0.717, 1.165) is 42.6 Å². The van der Waals surface area contributed by atoms with Crippen molar-refractivity contribution in [3.63, 3.8) is 0 Å². The number of likely N-dealkylation sites (tertiary alicyclic amines) is 1. The Bertz CT molecular complexity index is 940. The van der Waals surface area contributed by atoms with Gasteiger partial charge in [-0.05, 0) is 58.1 Å². The first-order valence-corrected chi connectivity index (χ1v) is 9.62. The molecule has 1 amide bonds. The average Bonchev–Trinajstić information content (AvgIpc) is 3.29. The monoisotopic (exact) mass is 386 g/mol. The van der Waals surface area contributed by atoms with Crippen molar-refractivity contribution in [3.05, 3.63) is 58.7 Å². The predicted octanol–water partition coefficient (Wildman–Crippen LogP) is 4.72. The van der Waals surface area contributed by atoms with Crippen LogP contribution in [0.25, 0.3) is 11.0 Å². The molecule has 1 aliphatic heterocycles. The van der Waals surface area contributed by atoms with Crippen LogP contribution in [0.3, 0.4) is 0 Å². The molecule has 2 aromatic heterocycles. The van der Waals surface area contributed by atoms with Crippen molar-refractivity contribution in [2.75, 3.05) is 20.1 Å². The van der Waals surface area contributed by atoms with Gasteiger partial charge in [0, 0.05) is 17.0 Å². The highest BCUT2D eigenvalue weighted by atomic mass is 35.5. The molecule has 0 spiro atoms. The third kappa shape index (κ3) is 3.49. The van der Waals surface area contributed by atoms with Gasteiger partial charge in [0.2, 0.25) is 0 Å². The number of nitrogens with zero attached hydrogens (tertiary/aromatic N) is 2. The van der Waals surface area contributed by atoms with Crippen molar-refractivity contribution in [3.8, 4) is 0 Å². The Morgan fingerprint density at radius 1 is 1.26 bits per heavy atom. The van der Waals surface area contributed by atoms with E-state index in [4.69, 9.17) is 20.4 Å². The highest BCUT2D eigenvalue weighted by molar-refractivity contribution is 6.35. The van der Waals surface area contributed by atoms with Gasteiger partial charge in [0.25, 0.3) is 5.91 Å². The van der Waals surface area contributed by atoms with Gasteiger partial charge in [-0.3, -0.25) is 4.79 Å². The Kier molecular flexibility index (Phi) is 4.98. The molecule has 142 valence electrons. The van der Waals surface area contributed by atoms with E-state index in [1.165, 1.54) is 0 Å². The second-order valence-electron chi connectivity index (χ2n) is 7.22. The maximum absolute atomic E-state index is 13.5. The molecule has 0 radical (unpaired) electrons. The molecule has 1 aromatic carbocycles. The highest BCUT2D eigenvalue weighted by Gasteiger charge is 2.31. The molecular formula is C21H23ClN2O3. The van der Waals surface area contributed by atoms with Crippen molar-refractivity contribution >= 4 is 28.5 Å². The number of amides is 1. The lowest BCUT2D eigenvalue weighted by Gasteiger charge is -2.36. The first-order chi connectivity index (χ1) is 13.0. The number of hydrogen-bond acceptors (Lipinski definition) is 4. The molecule has 3 aromatic rings. The number of piperidine rings is 1. The summed E-state index contributed by atoms with van der Waals surface area (Å²) in [7, 11) is 2.11. The van der Waals surface area contributed by atoms with Gasteiger partial charge >= 0.3 is 0 Å². The Balaban J connectivity index is 1.69. The number of fused-ring (bicyclic) bond motifs is 1. The molecule has 27 heavy (non-hydrogen) atoms. The molecule has 6 heteroatoms. The predicted molar refractivity (Wildman–Crippen MR) is 105 cm³/mol. The fourth-order valence-corrected chi connectivity index (χ4v) is 4.00. The summed E-state index contributed by atoms with van der Waals surface area (Å²) < 4.78 is 11.5. The number of benzene rings is 1. The molecule has 3 heterocycles. The Hall–Kier alpha value is -2.24. The number of furan rings is 2. The summed E-state index contributed by atoms with van der Waals surface area (Å²) in [4.78, 5) is 17.7. The number of hydrogen-bond donors (Lipinski definition) is 0. The minimum atomic E-state index is -0.106. The summed E-state index contributed by atoms with van der Waals surface area (Å²) in [6.45, 7) is 4.29. The third-order valence-corrected chi connectivity index (χ3v) is 5.70. The van der Waals surface area contributed by atoms with Crippen molar-refractivity contribution < 1.29 is 13.6 Å².